The summed E-state index contributed by atoms with van der Waals surface area (Å²) in [6.07, 6.45) is -1.06. The van der Waals surface area contributed by atoms with Crippen LogP contribution in [0.5, 0.6) is 5.75 Å². The molecule has 29 heavy (non-hydrogen) atoms. The van der Waals surface area contributed by atoms with Gasteiger partial charge in [-0.05, 0) is 64.3 Å². The normalized spacial score (nSPS) is 11.7. The van der Waals surface area contributed by atoms with Crippen LogP contribution < -0.4 is 4.74 Å². The third-order valence-electron chi connectivity index (χ3n) is 5.08. The van der Waals surface area contributed by atoms with Crippen LogP contribution in [0.25, 0.3) is 11.1 Å². The Balaban J connectivity index is 2.47. The Hall–Kier alpha value is -3.01. The topological polar surface area (TPSA) is 49.8 Å². The van der Waals surface area contributed by atoms with Crippen molar-refractivity contribution in [1.29, 1.82) is 0 Å². The highest BCUT2D eigenvalue weighted by Gasteiger charge is 2.44. The minimum Gasteiger partial charge on any atom is -0.468 e. The van der Waals surface area contributed by atoms with E-state index in [-0.39, 0.29) is 0 Å². The Morgan fingerprint density at radius 1 is 0.931 bits per heavy atom. The molecule has 0 aliphatic rings. The first kappa shape index (κ1) is 22.3. The molecule has 0 saturated carbocycles. The lowest BCUT2D eigenvalue weighted by atomic mass is 9.89. The smallest absolute Gasteiger partial charge is 0.411 e. The average molecular weight is 394 g/mol. The van der Waals surface area contributed by atoms with Crippen molar-refractivity contribution < 1.29 is 14.6 Å². The molecule has 1 amide bonds. The van der Waals surface area contributed by atoms with Gasteiger partial charge < -0.3 is 9.84 Å². The SMILES string of the molecule is C=C(C)c1ccc(C(C)(C)N(C(=O)O)C(C)(C)Oc2ccccc2C(=C)C)cc1. The molecule has 0 spiro atoms. The van der Waals surface area contributed by atoms with Gasteiger partial charge in [0.1, 0.15) is 5.75 Å². The van der Waals surface area contributed by atoms with Gasteiger partial charge in [0.2, 0.25) is 0 Å². The van der Waals surface area contributed by atoms with E-state index in [1.54, 1.807) is 13.8 Å². The minimum absolute atomic E-state index is 0.602. The third kappa shape index (κ3) is 4.70. The van der Waals surface area contributed by atoms with E-state index in [9.17, 15) is 9.90 Å². The zero-order valence-electron chi connectivity index (χ0n) is 18.2. The van der Waals surface area contributed by atoms with Gasteiger partial charge in [-0.15, -0.1) is 0 Å². The van der Waals surface area contributed by atoms with Crippen LogP contribution in [-0.4, -0.2) is 21.8 Å². The molecular weight excluding hydrogens is 362 g/mol. The van der Waals surface area contributed by atoms with Gasteiger partial charge in [-0.25, -0.2) is 4.79 Å². The number of allylic oxidation sites excluding steroid dienone is 2. The van der Waals surface area contributed by atoms with Crippen LogP contribution in [0.2, 0.25) is 0 Å². The second-order valence-corrected chi connectivity index (χ2v) is 8.36. The predicted octanol–water partition coefficient (Wildman–Crippen LogP) is 6.78. The first-order valence-corrected chi connectivity index (χ1v) is 9.61. The van der Waals surface area contributed by atoms with E-state index in [1.165, 1.54) is 4.90 Å². The van der Waals surface area contributed by atoms with Gasteiger partial charge in [-0.1, -0.05) is 61.2 Å². The number of carbonyl (C=O) groups is 1. The Bertz CT molecular complexity index is 923. The minimum atomic E-state index is -1.13. The van der Waals surface area contributed by atoms with E-state index in [4.69, 9.17) is 4.74 Å². The van der Waals surface area contributed by atoms with Crippen LogP contribution in [-0.2, 0) is 5.54 Å². The van der Waals surface area contributed by atoms with Crippen molar-refractivity contribution in [3.05, 3.63) is 78.4 Å². The zero-order chi connectivity index (χ0) is 22.0. The summed E-state index contributed by atoms with van der Waals surface area (Å²) in [6.45, 7) is 19.1. The van der Waals surface area contributed by atoms with Gasteiger partial charge in [-0.2, -0.15) is 0 Å². The second kappa shape index (κ2) is 8.16. The number of carboxylic acid groups (broad SMARTS) is 1. The average Bonchev–Trinajstić information content (AvgIpc) is 2.60. The molecule has 0 aliphatic heterocycles. The monoisotopic (exact) mass is 393 g/mol. The Morgan fingerprint density at radius 3 is 1.97 bits per heavy atom. The number of ether oxygens (including phenoxy) is 1. The summed E-state index contributed by atoms with van der Waals surface area (Å²) in [7, 11) is 0. The number of benzene rings is 2. The Morgan fingerprint density at radius 2 is 1.48 bits per heavy atom. The van der Waals surface area contributed by atoms with Gasteiger partial charge in [0.15, 0.2) is 5.72 Å². The van der Waals surface area contributed by atoms with E-state index in [0.717, 1.165) is 27.8 Å². The summed E-state index contributed by atoms with van der Waals surface area (Å²) in [5.74, 6) is 0.602. The molecule has 4 heteroatoms. The number of hydrogen-bond donors (Lipinski definition) is 1. The molecule has 0 aromatic heterocycles. The number of para-hydroxylation sites is 1. The summed E-state index contributed by atoms with van der Waals surface area (Å²) in [4.78, 5) is 13.7. The van der Waals surface area contributed by atoms with E-state index in [2.05, 4.69) is 13.2 Å². The van der Waals surface area contributed by atoms with Gasteiger partial charge >= 0.3 is 6.09 Å². The number of amides is 1. The van der Waals surface area contributed by atoms with Crippen molar-refractivity contribution in [1.82, 2.24) is 4.90 Å². The summed E-state index contributed by atoms with van der Waals surface area (Å²) >= 11 is 0. The van der Waals surface area contributed by atoms with Crippen molar-refractivity contribution in [2.75, 3.05) is 0 Å². The molecular formula is C25H31NO3. The molecule has 1 N–H and O–H groups in total. The summed E-state index contributed by atoms with van der Waals surface area (Å²) in [5, 5.41) is 10.1. The number of hydrogen-bond acceptors (Lipinski definition) is 2. The molecule has 0 saturated heterocycles. The quantitative estimate of drug-likeness (QED) is 0.527. The highest BCUT2D eigenvalue weighted by Crippen LogP contribution is 2.37. The lowest BCUT2D eigenvalue weighted by Crippen LogP contribution is -2.59. The van der Waals surface area contributed by atoms with Crippen molar-refractivity contribution >= 4 is 17.2 Å². The van der Waals surface area contributed by atoms with E-state index < -0.39 is 17.4 Å². The predicted molar refractivity (Wildman–Crippen MR) is 120 cm³/mol. The van der Waals surface area contributed by atoms with Crippen LogP contribution in [0, 0.1) is 0 Å². The maximum absolute atomic E-state index is 12.4. The van der Waals surface area contributed by atoms with Crippen LogP contribution in [0.3, 0.4) is 0 Å². The highest BCUT2D eigenvalue weighted by atomic mass is 16.5. The molecule has 0 bridgehead atoms. The molecule has 4 nitrogen and oxygen atoms in total. The molecule has 2 rings (SSSR count). The zero-order valence-corrected chi connectivity index (χ0v) is 18.2. The lowest BCUT2D eigenvalue weighted by Gasteiger charge is -2.46. The molecule has 0 unspecified atom stereocenters. The van der Waals surface area contributed by atoms with Crippen LogP contribution in [0.15, 0.2) is 61.7 Å². The number of nitrogens with zero attached hydrogens (tertiary/aromatic N) is 1. The van der Waals surface area contributed by atoms with Gasteiger partial charge in [-0.3, -0.25) is 4.90 Å². The van der Waals surface area contributed by atoms with Crippen molar-refractivity contribution in [2.45, 2.75) is 52.8 Å². The summed E-state index contributed by atoms with van der Waals surface area (Å²) in [5.41, 5.74) is 2.61. The van der Waals surface area contributed by atoms with E-state index in [0.29, 0.717) is 5.75 Å². The maximum Gasteiger partial charge on any atom is 0.411 e. The molecule has 0 atom stereocenters. The van der Waals surface area contributed by atoms with Gasteiger partial charge in [0.25, 0.3) is 0 Å². The standard InChI is InChI=1S/C25H31NO3/c1-17(2)19-13-15-20(16-14-19)24(5,6)26(23(27)28)25(7,8)29-22-12-10-9-11-21(22)18(3)4/h9-16H,1,3H2,2,4-8H3,(H,27,28). The highest BCUT2D eigenvalue weighted by molar-refractivity contribution is 5.69. The maximum atomic E-state index is 12.4. The van der Waals surface area contributed by atoms with Crippen LogP contribution in [0.4, 0.5) is 4.79 Å². The molecule has 0 heterocycles. The summed E-state index contributed by atoms with van der Waals surface area (Å²) < 4.78 is 6.26. The molecule has 154 valence electrons. The third-order valence-corrected chi connectivity index (χ3v) is 5.08. The van der Waals surface area contributed by atoms with Crippen LogP contribution in [0.1, 0.15) is 58.2 Å². The number of rotatable bonds is 7. The second-order valence-electron chi connectivity index (χ2n) is 8.36. The van der Waals surface area contributed by atoms with Crippen molar-refractivity contribution in [3.8, 4) is 5.75 Å². The first-order valence-electron chi connectivity index (χ1n) is 9.61. The molecule has 2 aromatic rings. The van der Waals surface area contributed by atoms with Gasteiger partial charge in [0, 0.05) is 5.56 Å². The molecule has 0 fully saturated rings. The fourth-order valence-electron chi connectivity index (χ4n) is 3.66. The van der Waals surface area contributed by atoms with E-state index in [1.807, 2.05) is 76.2 Å². The van der Waals surface area contributed by atoms with E-state index >= 15 is 0 Å². The fraction of sp³-hybridized carbons (Fsp3) is 0.320. The van der Waals surface area contributed by atoms with Crippen molar-refractivity contribution in [3.63, 3.8) is 0 Å². The first-order chi connectivity index (χ1) is 13.4. The lowest BCUT2D eigenvalue weighted by molar-refractivity contribution is -0.0891. The van der Waals surface area contributed by atoms with Crippen molar-refractivity contribution in [2.24, 2.45) is 0 Å². The van der Waals surface area contributed by atoms with Crippen LogP contribution >= 0.6 is 0 Å². The largest absolute Gasteiger partial charge is 0.468 e. The molecule has 2 aromatic carbocycles. The summed E-state index contributed by atoms with van der Waals surface area (Å²) in [6, 6.07) is 15.3. The fourth-order valence-corrected chi connectivity index (χ4v) is 3.66. The van der Waals surface area contributed by atoms with Gasteiger partial charge in [0.05, 0.1) is 5.54 Å². The molecule has 0 radical (unpaired) electrons. The Kier molecular flexibility index (Phi) is 6.27. The molecule has 0 aliphatic carbocycles. The Labute approximate surface area is 174 Å².